The third-order valence-corrected chi connectivity index (χ3v) is 6.12. The van der Waals surface area contributed by atoms with Gasteiger partial charge in [-0.1, -0.05) is 26.2 Å². The molecule has 21 heavy (non-hydrogen) atoms. The van der Waals surface area contributed by atoms with Gasteiger partial charge in [0.15, 0.2) is 0 Å². The highest BCUT2D eigenvalue weighted by atomic mass is 32.1. The predicted molar refractivity (Wildman–Crippen MR) is 87.3 cm³/mol. The molecular formula is C17H26N2OS. The lowest BCUT2D eigenvalue weighted by Crippen LogP contribution is -2.42. The molecule has 0 aromatic carbocycles. The fourth-order valence-corrected chi connectivity index (χ4v) is 4.77. The second kappa shape index (κ2) is 6.09. The first-order valence-corrected chi connectivity index (χ1v) is 9.06. The Labute approximate surface area is 131 Å². The zero-order valence-electron chi connectivity index (χ0n) is 13.3. The number of hydrogen-bond acceptors (Lipinski definition) is 3. The van der Waals surface area contributed by atoms with Gasteiger partial charge in [-0.15, -0.1) is 11.3 Å². The maximum Gasteiger partial charge on any atom is 0.241 e. The maximum absolute atomic E-state index is 12.7. The number of carbonyl (C=O) groups is 1. The van der Waals surface area contributed by atoms with E-state index in [1.165, 1.54) is 35.4 Å². The van der Waals surface area contributed by atoms with Crippen molar-refractivity contribution in [3.05, 3.63) is 21.9 Å². The van der Waals surface area contributed by atoms with Gasteiger partial charge in [0, 0.05) is 15.8 Å². The Morgan fingerprint density at radius 2 is 2.19 bits per heavy atom. The van der Waals surface area contributed by atoms with Gasteiger partial charge in [0.25, 0.3) is 0 Å². The van der Waals surface area contributed by atoms with Crippen molar-refractivity contribution in [3.63, 3.8) is 0 Å². The van der Waals surface area contributed by atoms with E-state index in [2.05, 4.69) is 36.2 Å². The number of thiophene rings is 1. The highest BCUT2D eigenvalue weighted by Gasteiger charge is 2.42. The predicted octanol–water partition coefficient (Wildman–Crippen LogP) is 3.84. The van der Waals surface area contributed by atoms with E-state index in [1.807, 2.05) is 6.92 Å². The van der Waals surface area contributed by atoms with Crippen molar-refractivity contribution < 1.29 is 4.79 Å². The number of amides is 1. The smallest absolute Gasteiger partial charge is 0.241 e. The number of carbonyl (C=O) groups excluding carboxylic acids is 1. The maximum atomic E-state index is 12.7. The molecule has 1 N–H and O–H groups in total. The van der Waals surface area contributed by atoms with Crippen molar-refractivity contribution in [2.24, 2.45) is 5.92 Å². The molecule has 1 amide bonds. The van der Waals surface area contributed by atoms with E-state index >= 15 is 0 Å². The van der Waals surface area contributed by atoms with Crippen molar-refractivity contribution in [1.29, 1.82) is 0 Å². The highest BCUT2D eigenvalue weighted by molar-refractivity contribution is 7.12. The van der Waals surface area contributed by atoms with Crippen LogP contribution in [0.2, 0.25) is 0 Å². The fourth-order valence-electron chi connectivity index (χ4n) is 3.84. The number of nitrogens with one attached hydrogen (secondary N) is 1. The van der Waals surface area contributed by atoms with Crippen LogP contribution in [0.3, 0.4) is 0 Å². The molecule has 1 aromatic heterocycles. The first-order chi connectivity index (χ1) is 10.1. The molecule has 116 valence electrons. The van der Waals surface area contributed by atoms with Crippen LogP contribution in [0.4, 0.5) is 0 Å². The fraction of sp³-hybridized carbons (Fsp3) is 0.706. The van der Waals surface area contributed by atoms with E-state index in [4.69, 9.17) is 0 Å². The van der Waals surface area contributed by atoms with Crippen molar-refractivity contribution in [2.75, 3.05) is 0 Å². The van der Waals surface area contributed by atoms with Gasteiger partial charge in [-0.25, -0.2) is 0 Å². The summed E-state index contributed by atoms with van der Waals surface area (Å²) >= 11 is 1.81. The van der Waals surface area contributed by atoms with Crippen LogP contribution in [0.15, 0.2) is 12.1 Å². The minimum Gasteiger partial charge on any atom is -0.318 e. The minimum absolute atomic E-state index is 0.0561. The molecule has 1 aromatic rings. The summed E-state index contributed by atoms with van der Waals surface area (Å²) < 4.78 is 0. The van der Waals surface area contributed by atoms with E-state index in [0.29, 0.717) is 6.04 Å². The quantitative estimate of drug-likeness (QED) is 0.920. The molecule has 4 atom stereocenters. The Morgan fingerprint density at radius 3 is 2.86 bits per heavy atom. The lowest BCUT2D eigenvalue weighted by atomic mass is 9.83. The summed E-state index contributed by atoms with van der Waals surface area (Å²) in [5, 5.41) is 3.50. The molecule has 3 nitrogen and oxygen atoms in total. The largest absolute Gasteiger partial charge is 0.318 e. The number of aryl methyl sites for hydroxylation is 1. The zero-order valence-corrected chi connectivity index (χ0v) is 14.1. The molecule has 1 saturated carbocycles. The molecule has 2 heterocycles. The van der Waals surface area contributed by atoms with Crippen molar-refractivity contribution in [1.82, 2.24) is 10.2 Å². The van der Waals surface area contributed by atoms with Crippen LogP contribution in [-0.4, -0.2) is 22.9 Å². The molecule has 0 radical (unpaired) electrons. The summed E-state index contributed by atoms with van der Waals surface area (Å²) in [6.07, 6.45) is 6.27. The number of hydrogen-bond donors (Lipinski definition) is 1. The van der Waals surface area contributed by atoms with Crippen LogP contribution < -0.4 is 5.32 Å². The van der Waals surface area contributed by atoms with Gasteiger partial charge in [0.2, 0.25) is 5.91 Å². The molecule has 4 heteroatoms. The summed E-state index contributed by atoms with van der Waals surface area (Å²) in [7, 11) is 0. The van der Waals surface area contributed by atoms with Gasteiger partial charge in [0.05, 0.1) is 6.04 Å². The standard InChI is InChI=1S/C17H26N2OS/c1-4-13-6-5-7-14(10-13)19-16(18-12(3)17(19)20)15-9-8-11(2)21-15/h8-9,12-14,16,18H,4-7,10H2,1-3H3. The van der Waals surface area contributed by atoms with Gasteiger partial charge >= 0.3 is 0 Å². The monoisotopic (exact) mass is 306 g/mol. The zero-order chi connectivity index (χ0) is 15.0. The van der Waals surface area contributed by atoms with Gasteiger partial charge < -0.3 is 4.90 Å². The number of nitrogens with zero attached hydrogens (tertiary/aromatic N) is 1. The molecule has 2 fully saturated rings. The molecule has 0 bridgehead atoms. The third kappa shape index (κ3) is 2.88. The summed E-state index contributed by atoms with van der Waals surface area (Å²) in [4.78, 5) is 17.4. The Morgan fingerprint density at radius 1 is 1.38 bits per heavy atom. The molecule has 4 unspecified atom stereocenters. The molecular weight excluding hydrogens is 280 g/mol. The van der Waals surface area contributed by atoms with Crippen LogP contribution in [-0.2, 0) is 4.79 Å². The topological polar surface area (TPSA) is 32.3 Å². The van der Waals surface area contributed by atoms with Gasteiger partial charge in [-0.05, 0) is 44.7 Å². The van der Waals surface area contributed by atoms with Gasteiger partial charge in [-0.3, -0.25) is 10.1 Å². The van der Waals surface area contributed by atoms with E-state index in [9.17, 15) is 4.79 Å². The molecule has 3 rings (SSSR count). The van der Waals surface area contributed by atoms with E-state index in [0.717, 1.165) is 12.3 Å². The highest BCUT2D eigenvalue weighted by Crippen LogP contribution is 2.38. The molecule has 0 spiro atoms. The van der Waals surface area contributed by atoms with Crippen LogP contribution >= 0.6 is 11.3 Å². The third-order valence-electron chi connectivity index (χ3n) is 5.07. The van der Waals surface area contributed by atoms with E-state index < -0.39 is 0 Å². The van der Waals surface area contributed by atoms with Crippen molar-refractivity contribution >= 4 is 17.2 Å². The Hall–Kier alpha value is -0.870. The van der Waals surface area contributed by atoms with Crippen LogP contribution in [0, 0.1) is 12.8 Å². The average molecular weight is 306 g/mol. The second-order valence-electron chi connectivity index (χ2n) is 6.58. The Bertz CT molecular complexity index is 513. The SMILES string of the molecule is CCC1CCCC(N2C(=O)C(C)NC2c2ccc(C)s2)C1. The molecule has 1 aliphatic heterocycles. The Balaban J connectivity index is 1.84. The van der Waals surface area contributed by atoms with Crippen LogP contribution in [0.5, 0.6) is 0 Å². The lowest BCUT2D eigenvalue weighted by molar-refractivity contribution is -0.133. The van der Waals surface area contributed by atoms with E-state index in [1.54, 1.807) is 11.3 Å². The minimum atomic E-state index is -0.0561. The first kappa shape index (κ1) is 15.0. The van der Waals surface area contributed by atoms with Gasteiger partial charge in [0.1, 0.15) is 6.17 Å². The molecule has 1 aliphatic carbocycles. The van der Waals surface area contributed by atoms with Crippen LogP contribution in [0.1, 0.15) is 61.9 Å². The first-order valence-electron chi connectivity index (χ1n) is 8.24. The summed E-state index contributed by atoms with van der Waals surface area (Å²) in [5.74, 6) is 1.07. The van der Waals surface area contributed by atoms with Crippen LogP contribution in [0.25, 0.3) is 0 Å². The molecule has 1 saturated heterocycles. The number of rotatable bonds is 3. The van der Waals surface area contributed by atoms with Crippen molar-refractivity contribution in [2.45, 2.75) is 71.1 Å². The van der Waals surface area contributed by atoms with E-state index in [-0.39, 0.29) is 18.1 Å². The summed E-state index contributed by atoms with van der Waals surface area (Å²) in [5.41, 5.74) is 0. The van der Waals surface area contributed by atoms with Crippen molar-refractivity contribution in [3.8, 4) is 0 Å². The summed E-state index contributed by atoms with van der Waals surface area (Å²) in [6.45, 7) is 6.40. The average Bonchev–Trinajstić information content (AvgIpc) is 3.04. The lowest BCUT2D eigenvalue weighted by Gasteiger charge is -2.37. The summed E-state index contributed by atoms with van der Waals surface area (Å²) in [6, 6.07) is 4.69. The van der Waals surface area contributed by atoms with Gasteiger partial charge in [-0.2, -0.15) is 0 Å². The second-order valence-corrected chi connectivity index (χ2v) is 7.90. The Kier molecular flexibility index (Phi) is 4.36. The normalized spacial score (nSPS) is 33.7. The molecule has 2 aliphatic rings.